The highest BCUT2D eigenvalue weighted by Crippen LogP contribution is 2.14. The van der Waals surface area contributed by atoms with Crippen LogP contribution in [0.3, 0.4) is 0 Å². The summed E-state index contributed by atoms with van der Waals surface area (Å²) in [6, 6.07) is 0.173. The third-order valence-corrected chi connectivity index (χ3v) is 2.24. The molecule has 0 saturated carbocycles. The topological polar surface area (TPSA) is 52.6 Å². The zero-order valence-electron chi connectivity index (χ0n) is 8.29. The summed E-state index contributed by atoms with van der Waals surface area (Å²) in [7, 11) is 0. The molecular weight excluding hydrogens is 168 g/mol. The van der Waals surface area contributed by atoms with Crippen molar-refractivity contribution in [3.05, 3.63) is 0 Å². The molecule has 0 radical (unpaired) electrons. The standard InChI is InChI=1S/C9H18N2O2/c1-7(2)10-9(13)11-4-3-8(5-11)6-12/h7-8,12H,3-6H2,1-2H3,(H,10,13)/t8-/m1/s1. The van der Waals surface area contributed by atoms with Crippen LogP contribution in [0.2, 0.25) is 0 Å². The van der Waals surface area contributed by atoms with Gasteiger partial charge in [0.15, 0.2) is 0 Å². The molecule has 4 nitrogen and oxygen atoms in total. The molecule has 1 heterocycles. The van der Waals surface area contributed by atoms with Crippen molar-refractivity contribution in [2.24, 2.45) is 5.92 Å². The van der Waals surface area contributed by atoms with Gasteiger partial charge >= 0.3 is 6.03 Å². The average Bonchev–Trinajstić information content (AvgIpc) is 2.50. The van der Waals surface area contributed by atoms with Crippen LogP contribution in [0, 0.1) is 5.92 Å². The summed E-state index contributed by atoms with van der Waals surface area (Å²) >= 11 is 0. The van der Waals surface area contributed by atoms with Gasteiger partial charge in [-0.25, -0.2) is 4.79 Å². The summed E-state index contributed by atoms with van der Waals surface area (Å²) in [5.74, 6) is 0.276. The van der Waals surface area contributed by atoms with E-state index in [4.69, 9.17) is 5.11 Å². The Labute approximate surface area is 78.9 Å². The number of hydrogen-bond donors (Lipinski definition) is 2. The highest BCUT2D eigenvalue weighted by molar-refractivity contribution is 5.74. The van der Waals surface area contributed by atoms with Gasteiger partial charge in [-0.3, -0.25) is 0 Å². The first-order valence-corrected chi connectivity index (χ1v) is 4.79. The van der Waals surface area contributed by atoms with Crippen molar-refractivity contribution in [2.45, 2.75) is 26.3 Å². The maximum absolute atomic E-state index is 11.5. The normalized spacial score (nSPS) is 22.5. The van der Waals surface area contributed by atoms with Crippen LogP contribution in [0.25, 0.3) is 0 Å². The number of likely N-dealkylation sites (tertiary alicyclic amines) is 1. The molecular formula is C9H18N2O2. The second-order valence-electron chi connectivity index (χ2n) is 3.89. The largest absolute Gasteiger partial charge is 0.396 e. The zero-order valence-corrected chi connectivity index (χ0v) is 8.29. The first-order valence-electron chi connectivity index (χ1n) is 4.79. The van der Waals surface area contributed by atoms with Crippen LogP contribution in [0.5, 0.6) is 0 Å². The minimum atomic E-state index is -0.00838. The number of nitrogens with one attached hydrogen (secondary N) is 1. The molecule has 0 bridgehead atoms. The van der Waals surface area contributed by atoms with Gasteiger partial charge in [-0.1, -0.05) is 0 Å². The molecule has 76 valence electrons. The van der Waals surface area contributed by atoms with Gasteiger partial charge < -0.3 is 15.3 Å². The SMILES string of the molecule is CC(C)NC(=O)N1CC[C@@H](CO)C1. The molecule has 1 saturated heterocycles. The number of amides is 2. The molecule has 1 aliphatic heterocycles. The van der Waals surface area contributed by atoms with Crippen LogP contribution in [0.1, 0.15) is 20.3 Å². The van der Waals surface area contributed by atoms with Crippen molar-refractivity contribution in [3.63, 3.8) is 0 Å². The van der Waals surface area contributed by atoms with Crippen LogP contribution in [0.4, 0.5) is 4.79 Å². The lowest BCUT2D eigenvalue weighted by Gasteiger charge is -2.18. The van der Waals surface area contributed by atoms with E-state index in [1.807, 2.05) is 13.8 Å². The Morgan fingerprint density at radius 3 is 2.85 bits per heavy atom. The number of aliphatic hydroxyl groups excluding tert-OH is 1. The second-order valence-corrected chi connectivity index (χ2v) is 3.89. The first-order chi connectivity index (χ1) is 6.13. The lowest BCUT2D eigenvalue weighted by atomic mass is 10.1. The maximum Gasteiger partial charge on any atom is 0.317 e. The molecule has 0 aliphatic carbocycles. The van der Waals surface area contributed by atoms with Gasteiger partial charge in [0.05, 0.1) is 0 Å². The minimum absolute atomic E-state index is 0.00838. The zero-order chi connectivity index (χ0) is 9.84. The van der Waals surface area contributed by atoms with E-state index in [1.54, 1.807) is 4.90 Å². The monoisotopic (exact) mass is 186 g/mol. The Bertz CT molecular complexity index is 182. The molecule has 2 amide bonds. The fourth-order valence-corrected chi connectivity index (χ4v) is 1.50. The van der Waals surface area contributed by atoms with Crippen molar-refractivity contribution in [2.75, 3.05) is 19.7 Å². The summed E-state index contributed by atoms with van der Waals surface area (Å²) in [4.78, 5) is 13.2. The molecule has 1 rings (SSSR count). The van der Waals surface area contributed by atoms with E-state index in [0.29, 0.717) is 6.54 Å². The number of urea groups is 1. The summed E-state index contributed by atoms with van der Waals surface area (Å²) < 4.78 is 0. The third kappa shape index (κ3) is 2.88. The van der Waals surface area contributed by atoms with Crippen molar-refractivity contribution in [3.8, 4) is 0 Å². The van der Waals surface area contributed by atoms with Crippen LogP contribution >= 0.6 is 0 Å². The summed E-state index contributed by atoms with van der Waals surface area (Å²) in [6.45, 7) is 5.53. The predicted molar refractivity (Wildman–Crippen MR) is 50.4 cm³/mol. The smallest absolute Gasteiger partial charge is 0.317 e. The van der Waals surface area contributed by atoms with Crippen LogP contribution in [-0.4, -0.2) is 41.8 Å². The summed E-state index contributed by atoms with van der Waals surface area (Å²) in [6.07, 6.45) is 0.919. The third-order valence-electron chi connectivity index (χ3n) is 2.24. The molecule has 0 aromatic rings. The number of rotatable bonds is 2. The van der Waals surface area contributed by atoms with E-state index < -0.39 is 0 Å². The fraction of sp³-hybridized carbons (Fsp3) is 0.889. The van der Waals surface area contributed by atoms with Crippen LogP contribution in [-0.2, 0) is 0 Å². The van der Waals surface area contributed by atoms with Gasteiger partial charge in [-0.2, -0.15) is 0 Å². The van der Waals surface area contributed by atoms with E-state index in [0.717, 1.165) is 13.0 Å². The van der Waals surface area contributed by atoms with Gasteiger partial charge in [-0.05, 0) is 20.3 Å². The number of aliphatic hydroxyl groups is 1. The van der Waals surface area contributed by atoms with Gasteiger partial charge in [0.2, 0.25) is 0 Å². The Morgan fingerprint density at radius 2 is 2.38 bits per heavy atom. The van der Waals surface area contributed by atoms with Crippen molar-refractivity contribution in [1.82, 2.24) is 10.2 Å². The Morgan fingerprint density at radius 1 is 1.69 bits per heavy atom. The van der Waals surface area contributed by atoms with Gasteiger partial charge in [0.25, 0.3) is 0 Å². The highest BCUT2D eigenvalue weighted by Gasteiger charge is 2.25. The molecule has 4 heteroatoms. The number of carbonyl (C=O) groups excluding carboxylic acids is 1. The molecule has 0 spiro atoms. The molecule has 0 aromatic carbocycles. The lowest BCUT2D eigenvalue weighted by molar-refractivity contribution is 0.196. The second kappa shape index (κ2) is 4.46. The van der Waals surface area contributed by atoms with Crippen molar-refractivity contribution < 1.29 is 9.90 Å². The van der Waals surface area contributed by atoms with E-state index >= 15 is 0 Å². The Hall–Kier alpha value is -0.770. The molecule has 2 N–H and O–H groups in total. The van der Waals surface area contributed by atoms with Crippen molar-refractivity contribution >= 4 is 6.03 Å². The van der Waals surface area contributed by atoms with Gasteiger partial charge in [0.1, 0.15) is 0 Å². The van der Waals surface area contributed by atoms with Gasteiger partial charge in [-0.15, -0.1) is 0 Å². The van der Waals surface area contributed by atoms with Crippen molar-refractivity contribution in [1.29, 1.82) is 0 Å². The van der Waals surface area contributed by atoms with E-state index in [2.05, 4.69) is 5.32 Å². The fourth-order valence-electron chi connectivity index (χ4n) is 1.50. The molecule has 13 heavy (non-hydrogen) atoms. The van der Waals surface area contributed by atoms with E-state index in [1.165, 1.54) is 0 Å². The van der Waals surface area contributed by atoms with Crippen LogP contribution in [0.15, 0.2) is 0 Å². The first kappa shape index (κ1) is 10.3. The maximum atomic E-state index is 11.5. The molecule has 1 aliphatic rings. The highest BCUT2D eigenvalue weighted by atomic mass is 16.3. The van der Waals surface area contributed by atoms with E-state index in [9.17, 15) is 4.79 Å². The molecule has 1 atom stereocenters. The summed E-state index contributed by atoms with van der Waals surface area (Å²) in [5.41, 5.74) is 0. The predicted octanol–water partition coefficient (Wildman–Crippen LogP) is 0.419. The van der Waals surface area contributed by atoms with E-state index in [-0.39, 0.29) is 24.6 Å². The number of hydrogen-bond acceptors (Lipinski definition) is 2. The van der Waals surface area contributed by atoms with Gasteiger partial charge in [0, 0.05) is 31.7 Å². The number of nitrogens with zero attached hydrogens (tertiary/aromatic N) is 1. The summed E-state index contributed by atoms with van der Waals surface area (Å²) in [5, 5.41) is 11.7. The Balaban J connectivity index is 2.33. The molecule has 0 unspecified atom stereocenters. The molecule has 1 fully saturated rings. The number of carbonyl (C=O) groups is 1. The quantitative estimate of drug-likeness (QED) is 0.656. The van der Waals surface area contributed by atoms with Crippen LogP contribution < -0.4 is 5.32 Å². The average molecular weight is 186 g/mol. The lowest BCUT2D eigenvalue weighted by Crippen LogP contribution is -2.41. The minimum Gasteiger partial charge on any atom is -0.396 e. The Kier molecular flexibility index (Phi) is 3.54. The molecule has 0 aromatic heterocycles.